The van der Waals surface area contributed by atoms with Crippen molar-refractivity contribution >= 4 is 11.8 Å². The van der Waals surface area contributed by atoms with Crippen LogP contribution in [0.2, 0.25) is 0 Å². The molecule has 1 heterocycles. The maximum atomic E-state index is 11.9. The van der Waals surface area contributed by atoms with Gasteiger partial charge in [0, 0.05) is 19.5 Å². The summed E-state index contributed by atoms with van der Waals surface area (Å²) < 4.78 is 0. The van der Waals surface area contributed by atoms with Gasteiger partial charge in [0.2, 0.25) is 11.8 Å². The van der Waals surface area contributed by atoms with Gasteiger partial charge in [-0.15, -0.1) is 0 Å². The fourth-order valence-corrected chi connectivity index (χ4v) is 1.95. The third-order valence-corrected chi connectivity index (χ3v) is 3.00. The lowest BCUT2D eigenvalue weighted by atomic mass is 10.1. The van der Waals surface area contributed by atoms with E-state index in [0.29, 0.717) is 19.5 Å². The molecule has 0 aliphatic carbocycles. The van der Waals surface area contributed by atoms with Crippen molar-refractivity contribution in [2.75, 3.05) is 6.54 Å². The van der Waals surface area contributed by atoms with Crippen LogP contribution >= 0.6 is 0 Å². The second-order valence-electron chi connectivity index (χ2n) is 4.22. The van der Waals surface area contributed by atoms with Gasteiger partial charge in [0.25, 0.3) is 0 Å². The monoisotopic (exact) mass is 232 g/mol. The van der Waals surface area contributed by atoms with Crippen molar-refractivity contribution in [3.8, 4) is 0 Å². The topological polar surface area (TPSA) is 49.4 Å². The van der Waals surface area contributed by atoms with Gasteiger partial charge in [-0.2, -0.15) is 0 Å². The third kappa shape index (κ3) is 2.64. The molecule has 1 aliphatic rings. The van der Waals surface area contributed by atoms with Gasteiger partial charge in [0.15, 0.2) is 0 Å². The quantitative estimate of drug-likeness (QED) is 0.824. The van der Waals surface area contributed by atoms with Gasteiger partial charge in [0.05, 0.1) is 0 Å². The number of nitrogens with one attached hydrogen (secondary N) is 1. The van der Waals surface area contributed by atoms with E-state index in [1.54, 1.807) is 11.8 Å². The van der Waals surface area contributed by atoms with E-state index in [-0.39, 0.29) is 11.8 Å². The molecule has 1 fully saturated rings. The Morgan fingerprint density at radius 3 is 2.71 bits per heavy atom. The van der Waals surface area contributed by atoms with Crippen molar-refractivity contribution in [3.63, 3.8) is 0 Å². The lowest BCUT2D eigenvalue weighted by molar-refractivity contribution is -0.137. The van der Waals surface area contributed by atoms with Crippen LogP contribution in [0.1, 0.15) is 18.9 Å². The van der Waals surface area contributed by atoms with E-state index < -0.39 is 6.04 Å². The van der Waals surface area contributed by atoms with Crippen LogP contribution in [0.15, 0.2) is 30.3 Å². The standard InChI is InChI=1S/C13H16N2O2/c1-10-13(17)14-8-7-12(16)15(10)9-11-5-3-2-4-6-11/h2-6,10H,7-9H2,1H3,(H,14,17)/t10-/m0/s1. The van der Waals surface area contributed by atoms with Crippen molar-refractivity contribution in [1.29, 1.82) is 0 Å². The van der Waals surface area contributed by atoms with Crippen LogP contribution in [-0.2, 0) is 16.1 Å². The van der Waals surface area contributed by atoms with Crippen LogP contribution < -0.4 is 5.32 Å². The first-order valence-electron chi connectivity index (χ1n) is 5.79. The number of nitrogens with zero attached hydrogens (tertiary/aromatic N) is 1. The summed E-state index contributed by atoms with van der Waals surface area (Å²) in [7, 11) is 0. The molecule has 1 saturated heterocycles. The summed E-state index contributed by atoms with van der Waals surface area (Å²) in [6.45, 7) is 2.70. The molecule has 1 atom stereocenters. The summed E-state index contributed by atoms with van der Waals surface area (Å²) in [6, 6.07) is 9.32. The Balaban J connectivity index is 2.16. The molecule has 0 spiro atoms. The van der Waals surface area contributed by atoms with Gasteiger partial charge in [0.1, 0.15) is 6.04 Å². The van der Waals surface area contributed by atoms with Crippen LogP contribution in [0, 0.1) is 0 Å². The molecule has 2 rings (SSSR count). The number of carbonyl (C=O) groups is 2. The average Bonchev–Trinajstić information content (AvgIpc) is 2.45. The number of carbonyl (C=O) groups excluding carboxylic acids is 2. The summed E-state index contributed by atoms with van der Waals surface area (Å²) in [5.74, 6) is -0.0496. The number of hydrogen-bond acceptors (Lipinski definition) is 2. The number of rotatable bonds is 2. The highest BCUT2D eigenvalue weighted by Crippen LogP contribution is 2.12. The molecule has 1 aromatic rings. The van der Waals surface area contributed by atoms with Crippen LogP contribution in [0.4, 0.5) is 0 Å². The Morgan fingerprint density at radius 2 is 2.00 bits per heavy atom. The van der Waals surface area contributed by atoms with Gasteiger partial charge < -0.3 is 10.2 Å². The van der Waals surface area contributed by atoms with Gasteiger partial charge in [-0.25, -0.2) is 0 Å². The van der Waals surface area contributed by atoms with E-state index in [2.05, 4.69) is 5.32 Å². The predicted octanol–water partition coefficient (Wildman–Crippen LogP) is 0.924. The Morgan fingerprint density at radius 1 is 1.29 bits per heavy atom. The minimum atomic E-state index is -0.398. The number of benzene rings is 1. The second-order valence-corrected chi connectivity index (χ2v) is 4.22. The molecule has 0 unspecified atom stereocenters. The lowest BCUT2D eigenvalue weighted by Crippen LogP contribution is -2.43. The van der Waals surface area contributed by atoms with Gasteiger partial charge in [-0.3, -0.25) is 9.59 Å². The van der Waals surface area contributed by atoms with Crippen molar-refractivity contribution < 1.29 is 9.59 Å². The van der Waals surface area contributed by atoms with Gasteiger partial charge in [-0.1, -0.05) is 30.3 Å². The zero-order valence-corrected chi connectivity index (χ0v) is 9.85. The summed E-state index contributed by atoms with van der Waals surface area (Å²) in [6.07, 6.45) is 0.378. The second kappa shape index (κ2) is 4.99. The Labute approximate surface area is 101 Å². The Kier molecular flexibility index (Phi) is 3.42. The van der Waals surface area contributed by atoms with E-state index in [1.165, 1.54) is 0 Å². The van der Waals surface area contributed by atoms with E-state index in [4.69, 9.17) is 0 Å². The third-order valence-electron chi connectivity index (χ3n) is 3.00. The lowest BCUT2D eigenvalue weighted by Gasteiger charge is -2.25. The summed E-state index contributed by atoms with van der Waals surface area (Å²) in [4.78, 5) is 25.2. The molecule has 1 aromatic carbocycles. The highest BCUT2D eigenvalue weighted by molar-refractivity contribution is 5.89. The van der Waals surface area contributed by atoms with Crippen LogP contribution in [0.25, 0.3) is 0 Å². The van der Waals surface area contributed by atoms with Crippen molar-refractivity contribution in [3.05, 3.63) is 35.9 Å². The molecular formula is C13H16N2O2. The van der Waals surface area contributed by atoms with Crippen LogP contribution in [0.3, 0.4) is 0 Å². The fraction of sp³-hybridized carbons (Fsp3) is 0.385. The highest BCUT2D eigenvalue weighted by atomic mass is 16.2. The predicted molar refractivity (Wildman–Crippen MR) is 64.1 cm³/mol. The molecule has 0 bridgehead atoms. The summed E-state index contributed by atoms with van der Waals surface area (Å²) in [5, 5.41) is 2.74. The first-order chi connectivity index (χ1) is 8.18. The van der Waals surface area contributed by atoms with E-state index >= 15 is 0 Å². The smallest absolute Gasteiger partial charge is 0.242 e. The summed E-state index contributed by atoms with van der Waals surface area (Å²) >= 11 is 0. The number of hydrogen-bond donors (Lipinski definition) is 1. The minimum Gasteiger partial charge on any atom is -0.354 e. The van der Waals surface area contributed by atoms with Crippen molar-refractivity contribution in [2.24, 2.45) is 0 Å². The maximum Gasteiger partial charge on any atom is 0.242 e. The SMILES string of the molecule is C[C@H]1C(=O)NCCC(=O)N1Cc1ccccc1. The first-order valence-corrected chi connectivity index (χ1v) is 5.79. The zero-order chi connectivity index (χ0) is 12.3. The van der Waals surface area contributed by atoms with Crippen molar-refractivity contribution in [1.82, 2.24) is 10.2 Å². The summed E-state index contributed by atoms with van der Waals surface area (Å²) in [5.41, 5.74) is 1.04. The van der Waals surface area contributed by atoms with E-state index in [1.807, 2.05) is 30.3 Å². The van der Waals surface area contributed by atoms with Crippen molar-refractivity contribution in [2.45, 2.75) is 25.9 Å². The molecule has 4 heteroatoms. The Hall–Kier alpha value is -1.84. The van der Waals surface area contributed by atoms with Gasteiger partial charge >= 0.3 is 0 Å². The van der Waals surface area contributed by atoms with Gasteiger partial charge in [-0.05, 0) is 12.5 Å². The fourth-order valence-electron chi connectivity index (χ4n) is 1.95. The molecule has 1 aliphatic heterocycles. The minimum absolute atomic E-state index is 0.0275. The molecule has 0 radical (unpaired) electrons. The molecule has 1 N–H and O–H groups in total. The van der Waals surface area contributed by atoms with Crippen LogP contribution in [-0.4, -0.2) is 29.3 Å². The average molecular weight is 232 g/mol. The molecule has 0 saturated carbocycles. The largest absolute Gasteiger partial charge is 0.354 e. The molecule has 4 nitrogen and oxygen atoms in total. The number of amides is 2. The van der Waals surface area contributed by atoms with Crippen LogP contribution in [0.5, 0.6) is 0 Å². The zero-order valence-electron chi connectivity index (χ0n) is 9.85. The Bertz CT molecular complexity index is 417. The van der Waals surface area contributed by atoms with E-state index in [9.17, 15) is 9.59 Å². The maximum absolute atomic E-state index is 11.9. The normalized spacial score (nSPS) is 21.0. The highest BCUT2D eigenvalue weighted by Gasteiger charge is 2.28. The molecule has 17 heavy (non-hydrogen) atoms. The molecule has 0 aromatic heterocycles. The molecule has 90 valence electrons. The molecular weight excluding hydrogens is 216 g/mol. The first kappa shape index (κ1) is 11.6. The molecule has 2 amide bonds. The van der Waals surface area contributed by atoms with E-state index in [0.717, 1.165) is 5.56 Å².